The van der Waals surface area contributed by atoms with E-state index in [0.29, 0.717) is 17.9 Å². The van der Waals surface area contributed by atoms with Crippen molar-refractivity contribution in [1.29, 1.82) is 0 Å². The number of hydrogen-bond acceptors (Lipinski definition) is 4. The van der Waals surface area contributed by atoms with E-state index in [9.17, 15) is 4.79 Å². The van der Waals surface area contributed by atoms with Gasteiger partial charge in [-0.25, -0.2) is 4.79 Å². The average molecular weight is 257 g/mol. The lowest BCUT2D eigenvalue weighted by Crippen LogP contribution is -2.07. The van der Waals surface area contributed by atoms with Gasteiger partial charge in [0.1, 0.15) is 11.3 Å². The molecule has 2 aromatic rings. The van der Waals surface area contributed by atoms with Crippen molar-refractivity contribution in [3.05, 3.63) is 48.3 Å². The van der Waals surface area contributed by atoms with Crippen LogP contribution in [-0.2, 0) is 4.74 Å². The summed E-state index contributed by atoms with van der Waals surface area (Å²) in [6.45, 7) is 2.11. The van der Waals surface area contributed by atoms with Crippen molar-refractivity contribution in [3.63, 3.8) is 0 Å². The van der Waals surface area contributed by atoms with Gasteiger partial charge in [-0.2, -0.15) is 0 Å². The highest BCUT2D eigenvalue weighted by Gasteiger charge is 2.17. The molecule has 2 rings (SSSR count). The molecule has 0 spiro atoms. The van der Waals surface area contributed by atoms with Crippen molar-refractivity contribution in [2.75, 3.05) is 13.7 Å². The fourth-order valence-corrected chi connectivity index (χ4v) is 1.88. The van der Waals surface area contributed by atoms with Gasteiger partial charge in [0.2, 0.25) is 0 Å². The fraction of sp³-hybridized carbons (Fsp3) is 0.200. The van der Waals surface area contributed by atoms with E-state index in [0.717, 1.165) is 11.1 Å². The maximum atomic E-state index is 11.9. The van der Waals surface area contributed by atoms with Crippen LogP contribution >= 0.6 is 0 Å². The molecule has 0 fully saturated rings. The van der Waals surface area contributed by atoms with Gasteiger partial charge in [0.15, 0.2) is 0 Å². The number of hydrogen-bond donors (Lipinski definition) is 0. The van der Waals surface area contributed by atoms with Crippen molar-refractivity contribution >= 4 is 5.97 Å². The van der Waals surface area contributed by atoms with Crippen LogP contribution in [-0.4, -0.2) is 24.7 Å². The summed E-state index contributed by atoms with van der Waals surface area (Å²) in [5.74, 6) is 0.124. The van der Waals surface area contributed by atoms with Crippen molar-refractivity contribution in [2.24, 2.45) is 0 Å². The van der Waals surface area contributed by atoms with E-state index in [4.69, 9.17) is 9.47 Å². The number of aromatic nitrogens is 1. The Hall–Kier alpha value is -2.36. The molecule has 0 radical (unpaired) electrons. The second-order valence-electron chi connectivity index (χ2n) is 3.85. The van der Waals surface area contributed by atoms with E-state index in [-0.39, 0.29) is 5.97 Å². The van der Waals surface area contributed by atoms with Crippen LogP contribution in [0.1, 0.15) is 17.3 Å². The fourth-order valence-electron chi connectivity index (χ4n) is 1.88. The molecule has 0 aliphatic heterocycles. The summed E-state index contributed by atoms with van der Waals surface area (Å²) in [4.78, 5) is 16.0. The molecule has 4 nitrogen and oxygen atoms in total. The largest absolute Gasteiger partial charge is 0.495 e. The lowest BCUT2D eigenvalue weighted by molar-refractivity contribution is 0.0523. The minimum atomic E-state index is -0.384. The first-order valence-electron chi connectivity index (χ1n) is 6.02. The molecule has 0 saturated heterocycles. The monoisotopic (exact) mass is 257 g/mol. The third-order valence-corrected chi connectivity index (χ3v) is 2.69. The number of carbonyl (C=O) groups excluding carboxylic acids is 1. The van der Waals surface area contributed by atoms with E-state index in [1.54, 1.807) is 31.5 Å². The first kappa shape index (κ1) is 13.1. The van der Waals surface area contributed by atoms with Gasteiger partial charge in [-0.1, -0.05) is 18.2 Å². The standard InChI is InChI=1S/C15H15NO3/c1-3-19-15(17)13-8-4-7-12(14(13)18-2)11-6-5-9-16-10-11/h4-10H,3H2,1-2H3. The summed E-state index contributed by atoms with van der Waals surface area (Å²) in [5.41, 5.74) is 2.14. The lowest BCUT2D eigenvalue weighted by Gasteiger charge is -2.12. The Balaban J connectivity index is 2.51. The molecule has 1 heterocycles. The van der Waals surface area contributed by atoms with Gasteiger partial charge in [-0.05, 0) is 19.1 Å². The molecule has 0 unspecified atom stereocenters. The molecule has 0 N–H and O–H groups in total. The number of benzene rings is 1. The molecule has 1 aromatic carbocycles. The third kappa shape index (κ3) is 2.73. The molecule has 0 saturated carbocycles. The van der Waals surface area contributed by atoms with Crippen LogP contribution in [0, 0.1) is 0 Å². The van der Waals surface area contributed by atoms with Crippen molar-refractivity contribution in [2.45, 2.75) is 6.92 Å². The number of rotatable bonds is 4. The predicted molar refractivity (Wildman–Crippen MR) is 72.2 cm³/mol. The molecule has 0 amide bonds. The minimum Gasteiger partial charge on any atom is -0.495 e. The number of methoxy groups -OCH3 is 1. The number of esters is 1. The average Bonchev–Trinajstić information content (AvgIpc) is 2.47. The molecule has 0 aliphatic rings. The highest BCUT2D eigenvalue weighted by Crippen LogP contribution is 2.32. The number of ether oxygens (including phenoxy) is 2. The van der Waals surface area contributed by atoms with Crippen LogP contribution in [0.4, 0.5) is 0 Å². The molecule has 4 heteroatoms. The summed E-state index contributed by atoms with van der Waals surface area (Å²) >= 11 is 0. The molecule has 0 atom stereocenters. The highest BCUT2D eigenvalue weighted by atomic mass is 16.5. The summed E-state index contributed by atoms with van der Waals surface area (Å²) in [6, 6.07) is 9.14. The summed E-state index contributed by atoms with van der Waals surface area (Å²) < 4.78 is 10.4. The minimum absolute atomic E-state index is 0.332. The maximum absolute atomic E-state index is 11.9. The predicted octanol–water partition coefficient (Wildman–Crippen LogP) is 2.93. The van der Waals surface area contributed by atoms with Crippen molar-refractivity contribution < 1.29 is 14.3 Å². The molecule has 0 aliphatic carbocycles. The Kier molecular flexibility index (Phi) is 4.13. The van der Waals surface area contributed by atoms with Crippen molar-refractivity contribution in [3.8, 4) is 16.9 Å². The molecular weight excluding hydrogens is 242 g/mol. The van der Waals surface area contributed by atoms with Crippen LogP contribution in [0.5, 0.6) is 5.75 Å². The van der Waals surface area contributed by atoms with Gasteiger partial charge >= 0.3 is 5.97 Å². The zero-order valence-electron chi connectivity index (χ0n) is 10.9. The Bertz CT molecular complexity index is 567. The summed E-state index contributed by atoms with van der Waals surface area (Å²) in [5, 5.41) is 0. The van der Waals surface area contributed by atoms with Gasteiger partial charge in [-0.15, -0.1) is 0 Å². The third-order valence-electron chi connectivity index (χ3n) is 2.69. The number of para-hydroxylation sites is 1. The normalized spacial score (nSPS) is 10.0. The Labute approximate surface area is 112 Å². The van der Waals surface area contributed by atoms with Crippen LogP contribution in [0.3, 0.4) is 0 Å². The van der Waals surface area contributed by atoms with Crippen LogP contribution in [0.15, 0.2) is 42.7 Å². The first-order chi connectivity index (χ1) is 9.27. The van der Waals surface area contributed by atoms with Gasteiger partial charge in [0.25, 0.3) is 0 Å². The Morgan fingerprint density at radius 3 is 2.74 bits per heavy atom. The van der Waals surface area contributed by atoms with E-state index in [2.05, 4.69) is 4.98 Å². The Morgan fingerprint density at radius 1 is 1.26 bits per heavy atom. The van der Waals surface area contributed by atoms with Gasteiger partial charge < -0.3 is 9.47 Å². The maximum Gasteiger partial charge on any atom is 0.341 e. The summed E-state index contributed by atoms with van der Waals surface area (Å²) in [7, 11) is 1.54. The Morgan fingerprint density at radius 2 is 2.11 bits per heavy atom. The number of nitrogens with zero attached hydrogens (tertiary/aromatic N) is 1. The molecule has 0 bridgehead atoms. The van der Waals surface area contributed by atoms with Crippen LogP contribution < -0.4 is 4.74 Å². The van der Waals surface area contributed by atoms with Crippen LogP contribution in [0.25, 0.3) is 11.1 Å². The second kappa shape index (κ2) is 6.00. The molecular formula is C15H15NO3. The lowest BCUT2D eigenvalue weighted by atomic mass is 10.0. The smallest absolute Gasteiger partial charge is 0.341 e. The highest BCUT2D eigenvalue weighted by molar-refractivity contribution is 5.95. The van der Waals surface area contributed by atoms with E-state index in [1.807, 2.05) is 18.2 Å². The topological polar surface area (TPSA) is 48.4 Å². The molecule has 98 valence electrons. The first-order valence-corrected chi connectivity index (χ1v) is 6.02. The van der Waals surface area contributed by atoms with E-state index >= 15 is 0 Å². The zero-order chi connectivity index (χ0) is 13.7. The van der Waals surface area contributed by atoms with Crippen molar-refractivity contribution in [1.82, 2.24) is 4.98 Å². The quantitative estimate of drug-likeness (QED) is 0.790. The van der Waals surface area contributed by atoms with E-state index in [1.165, 1.54) is 7.11 Å². The summed E-state index contributed by atoms with van der Waals surface area (Å²) in [6.07, 6.45) is 3.43. The SMILES string of the molecule is CCOC(=O)c1cccc(-c2cccnc2)c1OC. The van der Waals surface area contributed by atoms with Crippen LogP contribution in [0.2, 0.25) is 0 Å². The van der Waals surface area contributed by atoms with Gasteiger partial charge in [0.05, 0.1) is 13.7 Å². The zero-order valence-corrected chi connectivity index (χ0v) is 10.9. The molecule has 19 heavy (non-hydrogen) atoms. The van der Waals surface area contributed by atoms with Gasteiger partial charge in [0, 0.05) is 23.5 Å². The number of pyridine rings is 1. The molecule has 1 aromatic heterocycles. The number of carbonyl (C=O) groups is 1. The second-order valence-corrected chi connectivity index (χ2v) is 3.85. The van der Waals surface area contributed by atoms with E-state index < -0.39 is 0 Å². The van der Waals surface area contributed by atoms with Gasteiger partial charge in [-0.3, -0.25) is 4.98 Å².